The summed E-state index contributed by atoms with van der Waals surface area (Å²) in [6.07, 6.45) is 3.34. The van der Waals surface area contributed by atoms with Crippen LogP contribution in [0.15, 0.2) is 0 Å². The normalized spacial score (nSPS) is 27.8. The van der Waals surface area contributed by atoms with Gasteiger partial charge in [0.2, 0.25) is 0 Å². The first kappa shape index (κ1) is 15.9. The molecule has 1 N–H and O–H groups in total. The van der Waals surface area contributed by atoms with Gasteiger partial charge in [0.05, 0.1) is 12.0 Å². The number of nitrogens with zero attached hydrogens (tertiary/aromatic N) is 4. The summed E-state index contributed by atoms with van der Waals surface area (Å²) in [5.74, 6) is 1.33. The molecule has 1 heterocycles. The van der Waals surface area contributed by atoms with Crippen LogP contribution in [0.3, 0.4) is 0 Å². The van der Waals surface area contributed by atoms with E-state index < -0.39 is 11.4 Å². The predicted octanol–water partition coefficient (Wildman–Crippen LogP) is 2.71. The number of aromatic nitrogens is 4. The molecule has 1 aromatic heterocycles. The molecule has 1 unspecified atom stereocenters. The molecule has 1 atom stereocenters. The molecule has 1 aliphatic carbocycles. The third-order valence-corrected chi connectivity index (χ3v) is 5.10. The van der Waals surface area contributed by atoms with Crippen LogP contribution in [0.25, 0.3) is 0 Å². The molecule has 0 bridgehead atoms. The largest absolute Gasteiger partial charge is 0.481 e. The zero-order chi connectivity index (χ0) is 15.6. The summed E-state index contributed by atoms with van der Waals surface area (Å²) in [5.41, 5.74) is -0.715. The molecule has 0 spiro atoms. The Balaban J connectivity index is 2.23. The van der Waals surface area contributed by atoms with Crippen molar-refractivity contribution in [1.29, 1.82) is 0 Å². The minimum Gasteiger partial charge on any atom is -0.481 e. The average molecular weight is 294 g/mol. The average Bonchev–Trinajstić information content (AvgIpc) is 2.88. The SMILES string of the molecule is CC1CCC(Cn2nnnc2C(C)C(C)C)(C(=O)O)CC1. The Morgan fingerprint density at radius 1 is 1.38 bits per heavy atom. The molecule has 118 valence electrons. The zero-order valence-electron chi connectivity index (χ0n) is 13.4. The maximum absolute atomic E-state index is 11.8. The van der Waals surface area contributed by atoms with Crippen molar-refractivity contribution < 1.29 is 9.90 Å². The lowest BCUT2D eigenvalue weighted by atomic mass is 9.70. The predicted molar refractivity (Wildman–Crippen MR) is 78.8 cm³/mol. The van der Waals surface area contributed by atoms with Crippen molar-refractivity contribution in [3.8, 4) is 0 Å². The third kappa shape index (κ3) is 3.24. The Morgan fingerprint density at radius 3 is 2.52 bits per heavy atom. The van der Waals surface area contributed by atoms with E-state index in [0.29, 0.717) is 31.2 Å². The summed E-state index contributed by atoms with van der Waals surface area (Å²) in [5, 5.41) is 21.7. The van der Waals surface area contributed by atoms with Gasteiger partial charge in [0, 0.05) is 5.92 Å². The van der Waals surface area contributed by atoms with Crippen molar-refractivity contribution in [2.75, 3.05) is 0 Å². The van der Waals surface area contributed by atoms with Gasteiger partial charge in [0.1, 0.15) is 0 Å². The summed E-state index contributed by atoms with van der Waals surface area (Å²) < 4.78 is 1.72. The van der Waals surface area contributed by atoms with E-state index in [-0.39, 0.29) is 5.92 Å². The molecule has 0 aliphatic heterocycles. The second-order valence-electron chi connectivity index (χ2n) is 7.00. The van der Waals surface area contributed by atoms with E-state index in [1.807, 2.05) is 0 Å². The molecule has 0 radical (unpaired) electrons. The third-order valence-electron chi connectivity index (χ3n) is 5.10. The zero-order valence-corrected chi connectivity index (χ0v) is 13.4. The van der Waals surface area contributed by atoms with E-state index in [1.54, 1.807) is 4.68 Å². The van der Waals surface area contributed by atoms with Crippen LogP contribution in [0.2, 0.25) is 0 Å². The monoisotopic (exact) mass is 294 g/mol. The van der Waals surface area contributed by atoms with Crippen LogP contribution in [0.5, 0.6) is 0 Å². The van der Waals surface area contributed by atoms with Gasteiger partial charge in [-0.05, 0) is 47.9 Å². The summed E-state index contributed by atoms with van der Waals surface area (Å²) in [4.78, 5) is 11.8. The number of carboxylic acid groups (broad SMARTS) is 1. The number of rotatable bonds is 5. The number of hydrogen-bond donors (Lipinski definition) is 1. The first-order valence-electron chi connectivity index (χ1n) is 7.85. The summed E-state index contributed by atoms with van der Waals surface area (Å²) in [6, 6.07) is 0. The van der Waals surface area contributed by atoms with Crippen LogP contribution >= 0.6 is 0 Å². The van der Waals surface area contributed by atoms with Gasteiger partial charge >= 0.3 is 5.97 Å². The highest BCUT2D eigenvalue weighted by molar-refractivity contribution is 5.74. The van der Waals surface area contributed by atoms with E-state index in [0.717, 1.165) is 18.7 Å². The first-order valence-corrected chi connectivity index (χ1v) is 7.85. The van der Waals surface area contributed by atoms with Crippen LogP contribution in [0.1, 0.15) is 65.1 Å². The van der Waals surface area contributed by atoms with Gasteiger partial charge in [-0.15, -0.1) is 5.10 Å². The topological polar surface area (TPSA) is 80.9 Å². The van der Waals surface area contributed by atoms with Crippen LogP contribution in [0.4, 0.5) is 0 Å². The second kappa shape index (κ2) is 6.12. The number of tetrazole rings is 1. The quantitative estimate of drug-likeness (QED) is 0.903. The first-order chi connectivity index (χ1) is 9.85. The minimum absolute atomic E-state index is 0.216. The maximum Gasteiger partial charge on any atom is 0.311 e. The Labute approximate surface area is 125 Å². The van der Waals surface area contributed by atoms with Crippen molar-refractivity contribution in [2.45, 2.75) is 65.8 Å². The molecule has 6 nitrogen and oxygen atoms in total. The number of carbonyl (C=O) groups is 1. The Kier molecular flexibility index (Phi) is 4.64. The lowest BCUT2D eigenvalue weighted by molar-refractivity contribution is -0.153. The van der Waals surface area contributed by atoms with Gasteiger partial charge in [-0.25, -0.2) is 4.68 Å². The summed E-state index contributed by atoms with van der Waals surface area (Å²) in [6.45, 7) is 8.91. The summed E-state index contributed by atoms with van der Waals surface area (Å²) >= 11 is 0. The van der Waals surface area contributed by atoms with Gasteiger partial charge in [0.15, 0.2) is 5.82 Å². The van der Waals surface area contributed by atoms with Crippen LogP contribution in [0, 0.1) is 17.3 Å². The molecule has 1 fully saturated rings. The molecule has 6 heteroatoms. The minimum atomic E-state index is -0.715. The Bertz CT molecular complexity index is 490. The van der Waals surface area contributed by atoms with Gasteiger partial charge in [-0.1, -0.05) is 27.7 Å². The van der Waals surface area contributed by atoms with E-state index >= 15 is 0 Å². The molecular formula is C15H26N4O2. The maximum atomic E-state index is 11.8. The van der Waals surface area contributed by atoms with Crippen molar-refractivity contribution in [3.05, 3.63) is 5.82 Å². The standard InChI is InChI=1S/C15H26N4O2/c1-10(2)12(4)13-16-17-18-19(13)9-15(14(20)21)7-5-11(3)6-8-15/h10-12H,5-9H2,1-4H3,(H,20,21). The fourth-order valence-electron chi connectivity index (χ4n) is 2.99. The molecule has 21 heavy (non-hydrogen) atoms. The lowest BCUT2D eigenvalue weighted by Gasteiger charge is -2.35. The summed E-state index contributed by atoms with van der Waals surface area (Å²) in [7, 11) is 0. The van der Waals surface area contributed by atoms with Crippen molar-refractivity contribution >= 4 is 5.97 Å². The number of hydrogen-bond acceptors (Lipinski definition) is 4. The molecule has 1 saturated carbocycles. The fraction of sp³-hybridized carbons (Fsp3) is 0.867. The van der Waals surface area contributed by atoms with Gasteiger partial charge < -0.3 is 5.11 Å². The van der Waals surface area contributed by atoms with Gasteiger partial charge in [0.25, 0.3) is 0 Å². The number of carboxylic acids is 1. The molecule has 0 aromatic carbocycles. The van der Waals surface area contributed by atoms with E-state index in [9.17, 15) is 9.90 Å². The molecule has 2 rings (SSSR count). The molecule has 1 aromatic rings. The van der Waals surface area contributed by atoms with E-state index in [4.69, 9.17) is 0 Å². The molecule has 1 aliphatic rings. The Hall–Kier alpha value is -1.46. The molecule has 0 amide bonds. The van der Waals surface area contributed by atoms with E-state index in [1.165, 1.54) is 0 Å². The van der Waals surface area contributed by atoms with Gasteiger partial charge in [-0.3, -0.25) is 4.79 Å². The second-order valence-corrected chi connectivity index (χ2v) is 7.00. The smallest absolute Gasteiger partial charge is 0.311 e. The van der Waals surface area contributed by atoms with Crippen molar-refractivity contribution in [3.63, 3.8) is 0 Å². The highest BCUT2D eigenvalue weighted by atomic mass is 16.4. The van der Waals surface area contributed by atoms with Crippen LogP contribution < -0.4 is 0 Å². The Morgan fingerprint density at radius 2 is 2.00 bits per heavy atom. The van der Waals surface area contributed by atoms with Crippen molar-refractivity contribution in [1.82, 2.24) is 20.2 Å². The molecular weight excluding hydrogens is 268 g/mol. The van der Waals surface area contributed by atoms with E-state index in [2.05, 4.69) is 43.2 Å². The van der Waals surface area contributed by atoms with Crippen LogP contribution in [-0.4, -0.2) is 31.3 Å². The van der Waals surface area contributed by atoms with Gasteiger partial charge in [-0.2, -0.15) is 0 Å². The van der Waals surface area contributed by atoms with Crippen LogP contribution in [-0.2, 0) is 11.3 Å². The number of aliphatic carboxylic acids is 1. The fourth-order valence-corrected chi connectivity index (χ4v) is 2.99. The highest BCUT2D eigenvalue weighted by Gasteiger charge is 2.42. The van der Waals surface area contributed by atoms with Crippen molar-refractivity contribution in [2.24, 2.45) is 17.3 Å². The highest BCUT2D eigenvalue weighted by Crippen LogP contribution is 2.40. The lowest BCUT2D eigenvalue weighted by Crippen LogP contribution is -2.39. The molecule has 0 saturated heterocycles.